The molecule has 1 fully saturated rings. The van der Waals surface area contributed by atoms with Crippen molar-refractivity contribution in [2.24, 2.45) is 11.3 Å². The third-order valence-corrected chi connectivity index (χ3v) is 2.93. The molecular weight excluding hydrogens is 224 g/mol. The molecule has 2 rings (SSSR count). The Kier molecular flexibility index (Phi) is 2.80. The van der Waals surface area contributed by atoms with Crippen LogP contribution < -0.4 is 16.6 Å². The molecule has 4 N–H and O–H groups in total. The molecule has 1 heterocycles. The van der Waals surface area contributed by atoms with E-state index in [1.807, 2.05) is 0 Å². The summed E-state index contributed by atoms with van der Waals surface area (Å²) < 4.78 is 0. The highest BCUT2D eigenvalue weighted by molar-refractivity contribution is 5.68. The van der Waals surface area contributed by atoms with E-state index in [9.17, 15) is 10.1 Å². The van der Waals surface area contributed by atoms with Crippen LogP contribution in [0.1, 0.15) is 19.8 Å². The Morgan fingerprint density at radius 3 is 2.71 bits per heavy atom. The normalized spacial score (nSPS) is 16.4. The lowest BCUT2D eigenvalue weighted by Gasteiger charge is -2.11. The molecule has 0 spiro atoms. The number of aromatic nitrogens is 2. The van der Waals surface area contributed by atoms with Gasteiger partial charge in [-0.2, -0.15) is 0 Å². The fraction of sp³-hybridized carbons (Fsp3) is 0.556. The molecule has 17 heavy (non-hydrogen) atoms. The lowest BCUT2D eigenvalue weighted by molar-refractivity contribution is -0.383. The fourth-order valence-electron chi connectivity index (χ4n) is 1.47. The van der Waals surface area contributed by atoms with Crippen molar-refractivity contribution in [1.82, 2.24) is 9.97 Å². The van der Waals surface area contributed by atoms with Crippen LogP contribution in [0.5, 0.6) is 0 Å². The van der Waals surface area contributed by atoms with Crippen LogP contribution >= 0.6 is 0 Å². The van der Waals surface area contributed by atoms with Gasteiger partial charge in [0.05, 0.1) is 4.92 Å². The summed E-state index contributed by atoms with van der Waals surface area (Å²) in [6.45, 7) is 2.78. The van der Waals surface area contributed by atoms with Gasteiger partial charge in [0.25, 0.3) is 0 Å². The summed E-state index contributed by atoms with van der Waals surface area (Å²) in [5, 5.41) is 13.9. The van der Waals surface area contributed by atoms with E-state index in [-0.39, 0.29) is 22.7 Å². The first-order chi connectivity index (χ1) is 8.06. The molecule has 1 aromatic heterocycles. The molecule has 0 unspecified atom stereocenters. The number of nitrogens with one attached hydrogen (secondary N) is 2. The molecule has 8 heteroatoms. The molecule has 1 aliphatic rings. The predicted octanol–water partition coefficient (Wildman–Crippen LogP) is 0.882. The number of hydrogen-bond donors (Lipinski definition) is 3. The van der Waals surface area contributed by atoms with Crippen molar-refractivity contribution < 1.29 is 4.92 Å². The minimum atomic E-state index is -0.549. The van der Waals surface area contributed by atoms with Gasteiger partial charge in [-0.15, -0.1) is 0 Å². The number of hydrazine groups is 1. The second kappa shape index (κ2) is 4.13. The van der Waals surface area contributed by atoms with Crippen LogP contribution in [0.4, 0.5) is 17.3 Å². The smallest absolute Gasteiger partial charge is 0.354 e. The van der Waals surface area contributed by atoms with E-state index in [0.717, 1.165) is 12.8 Å². The Morgan fingerprint density at radius 1 is 1.53 bits per heavy atom. The van der Waals surface area contributed by atoms with Gasteiger partial charge >= 0.3 is 5.69 Å². The summed E-state index contributed by atoms with van der Waals surface area (Å²) in [7, 11) is 0. The Hall–Kier alpha value is -1.96. The zero-order valence-electron chi connectivity index (χ0n) is 9.43. The predicted molar refractivity (Wildman–Crippen MR) is 62.3 cm³/mol. The highest BCUT2D eigenvalue weighted by atomic mass is 16.6. The molecule has 92 valence electrons. The summed E-state index contributed by atoms with van der Waals surface area (Å²) >= 11 is 0. The van der Waals surface area contributed by atoms with E-state index in [1.54, 1.807) is 0 Å². The van der Waals surface area contributed by atoms with Crippen LogP contribution in [0.3, 0.4) is 0 Å². The summed E-state index contributed by atoms with van der Waals surface area (Å²) in [6, 6.07) is 0. The average Bonchev–Trinajstić information content (AvgIpc) is 3.04. The van der Waals surface area contributed by atoms with Crippen LogP contribution in [0.2, 0.25) is 0 Å². The number of nitro groups is 1. The van der Waals surface area contributed by atoms with Crippen molar-refractivity contribution in [3.05, 3.63) is 16.4 Å². The Bertz CT molecular complexity index is 445. The summed E-state index contributed by atoms with van der Waals surface area (Å²) in [4.78, 5) is 18.0. The SMILES string of the molecule is CC1(CNc2ncnc(NN)c2[N+](=O)[O-])CC1. The lowest BCUT2D eigenvalue weighted by Crippen LogP contribution is -2.17. The van der Waals surface area contributed by atoms with Crippen molar-refractivity contribution >= 4 is 17.3 Å². The van der Waals surface area contributed by atoms with E-state index < -0.39 is 4.92 Å². The van der Waals surface area contributed by atoms with Crippen LogP contribution in [0, 0.1) is 15.5 Å². The van der Waals surface area contributed by atoms with Gasteiger partial charge in [-0.1, -0.05) is 6.92 Å². The number of nitrogen functional groups attached to an aromatic ring is 1. The van der Waals surface area contributed by atoms with Crippen molar-refractivity contribution in [1.29, 1.82) is 0 Å². The molecule has 1 saturated carbocycles. The maximum Gasteiger partial charge on any atom is 0.354 e. The van der Waals surface area contributed by atoms with E-state index in [1.165, 1.54) is 6.33 Å². The van der Waals surface area contributed by atoms with Gasteiger partial charge in [0.1, 0.15) is 6.33 Å². The first kappa shape index (κ1) is 11.5. The Labute approximate surface area is 97.8 Å². The van der Waals surface area contributed by atoms with Crippen molar-refractivity contribution in [3.63, 3.8) is 0 Å². The monoisotopic (exact) mass is 238 g/mol. The number of nitrogens with two attached hydrogens (primary N) is 1. The molecule has 8 nitrogen and oxygen atoms in total. The number of anilines is 2. The average molecular weight is 238 g/mol. The van der Waals surface area contributed by atoms with E-state index in [2.05, 4.69) is 27.6 Å². The van der Waals surface area contributed by atoms with Crippen LogP contribution in [0.15, 0.2) is 6.33 Å². The van der Waals surface area contributed by atoms with Gasteiger partial charge in [0, 0.05) is 6.54 Å². The van der Waals surface area contributed by atoms with Gasteiger partial charge in [-0.05, 0) is 18.3 Å². The number of nitrogens with zero attached hydrogens (tertiary/aromatic N) is 3. The molecule has 0 aliphatic heterocycles. The highest BCUT2D eigenvalue weighted by Gasteiger charge is 2.37. The van der Waals surface area contributed by atoms with E-state index >= 15 is 0 Å². The second-order valence-corrected chi connectivity index (χ2v) is 4.49. The standard InChI is InChI=1S/C9H14N6O2/c1-9(2-3-9)4-11-7-6(15(16)17)8(14-10)13-5-12-7/h5H,2-4,10H2,1H3,(H2,11,12,13,14). The lowest BCUT2D eigenvalue weighted by atomic mass is 10.1. The topological polar surface area (TPSA) is 119 Å². The van der Waals surface area contributed by atoms with E-state index in [0.29, 0.717) is 6.54 Å². The van der Waals surface area contributed by atoms with Gasteiger partial charge in [-0.25, -0.2) is 15.8 Å². The zero-order valence-corrected chi connectivity index (χ0v) is 9.43. The maximum absolute atomic E-state index is 10.9. The fourth-order valence-corrected chi connectivity index (χ4v) is 1.47. The molecule has 0 aromatic carbocycles. The summed E-state index contributed by atoms with van der Waals surface area (Å²) in [5.41, 5.74) is 2.21. The molecular formula is C9H14N6O2. The summed E-state index contributed by atoms with van der Waals surface area (Å²) in [5.74, 6) is 5.39. The van der Waals surface area contributed by atoms with E-state index in [4.69, 9.17) is 5.84 Å². The second-order valence-electron chi connectivity index (χ2n) is 4.49. The minimum Gasteiger partial charge on any atom is -0.364 e. The summed E-state index contributed by atoms with van der Waals surface area (Å²) in [6.07, 6.45) is 3.49. The minimum absolute atomic E-state index is 0.00782. The van der Waals surface area contributed by atoms with Crippen molar-refractivity contribution in [2.45, 2.75) is 19.8 Å². The first-order valence-electron chi connectivity index (χ1n) is 5.26. The third-order valence-electron chi connectivity index (χ3n) is 2.93. The third kappa shape index (κ3) is 2.41. The van der Waals surface area contributed by atoms with Crippen LogP contribution in [0.25, 0.3) is 0 Å². The number of hydrogen-bond acceptors (Lipinski definition) is 7. The largest absolute Gasteiger partial charge is 0.364 e. The first-order valence-corrected chi connectivity index (χ1v) is 5.26. The van der Waals surface area contributed by atoms with Gasteiger partial charge in [0.2, 0.25) is 11.6 Å². The highest BCUT2D eigenvalue weighted by Crippen LogP contribution is 2.45. The zero-order chi connectivity index (χ0) is 12.5. The molecule has 0 atom stereocenters. The van der Waals surface area contributed by atoms with Gasteiger partial charge in [-0.3, -0.25) is 10.1 Å². The quantitative estimate of drug-likeness (QED) is 0.395. The van der Waals surface area contributed by atoms with Gasteiger partial charge in [0.15, 0.2) is 0 Å². The van der Waals surface area contributed by atoms with Crippen molar-refractivity contribution in [3.8, 4) is 0 Å². The Morgan fingerprint density at radius 2 is 2.18 bits per heavy atom. The number of rotatable bonds is 5. The molecule has 1 aliphatic carbocycles. The van der Waals surface area contributed by atoms with Crippen LogP contribution in [-0.2, 0) is 0 Å². The van der Waals surface area contributed by atoms with Crippen molar-refractivity contribution in [2.75, 3.05) is 17.3 Å². The van der Waals surface area contributed by atoms with Crippen LogP contribution in [-0.4, -0.2) is 21.4 Å². The molecule has 1 aromatic rings. The molecule has 0 saturated heterocycles. The molecule has 0 radical (unpaired) electrons. The Balaban J connectivity index is 2.22. The van der Waals surface area contributed by atoms with Gasteiger partial charge < -0.3 is 10.7 Å². The molecule has 0 amide bonds. The maximum atomic E-state index is 10.9. The molecule has 0 bridgehead atoms.